The number of carbonyl (C=O) groups is 2. The highest BCUT2D eigenvalue weighted by atomic mass is 32.2. The molecule has 110 valence electrons. The molecule has 0 aliphatic carbocycles. The van der Waals surface area contributed by atoms with Gasteiger partial charge in [-0.25, -0.2) is 0 Å². The molecular weight excluding hydrogens is 296 g/mol. The first-order valence-electron chi connectivity index (χ1n) is 6.84. The van der Waals surface area contributed by atoms with E-state index in [-0.39, 0.29) is 11.1 Å². The predicted molar refractivity (Wildman–Crippen MR) is 86.9 cm³/mol. The Morgan fingerprint density at radius 3 is 2.68 bits per heavy atom. The lowest BCUT2D eigenvalue weighted by Gasteiger charge is -2.12. The van der Waals surface area contributed by atoms with Crippen molar-refractivity contribution in [2.75, 3.05) is 0 Å². The molecule has 1 aromatic carbocycles. The van der Waals surface area contributed by atoms with Crippen molar-refractivity contribution in [2.24, 2.45) is 0 Å². The van der Waals surface area contributed by atoms with Crippen LogP contribution in [0.25, 0.3) is 6.08 Å². The molecule has 3 rings (SSSR count). The second kappa shape index (κ2) is 6.15. The van der Waals surface area contributed by atoms with E-state index in [9.17, 15) is 9.59 Å². The summed E-state index contributed by atoms with van der Waals surface area (Å²) in [6.45, 7) is 2.29. The maximum absolute atomic E-state index is 12.4. The van der Waals surface area contributed by atoms with Crippen molar-refractivity contribution in [1.29, 1.82) is 0 Å². The molecule has 0 radical (unpaired) electrons. The molecule has 0 spiro atoms. The molecule has 2 heterocycles. The first-order chi connectivity index (χ1) is 10.6. The summed E-state index contributed by atoms with van der Waals surface area (Å²) in [5.41, 5.74) is 2.92. The highest BCUT2D eigenvalue weighted by Gasteiger charge is 2.34. The molecular formula is C17H14N2O2S. The average molecular weight is 310 g/mol. The maximum Gasteiger partial charge on any atom is 0.293 e. The Labute approximate surface area is 132 Å². The molecule has 1 saturated heterocycles. The number of pyridine rings is 1. The Kier molecular flexibility index (Phi) is 4.06. The molecule has 1 aliphatic rings. The molecule has 2 amide bonds. The molecule has 0 saturated carbocycles. The number of aromatic nitrogens is 1. The van der Waals surface area contributed by atoms with Crippen molar-refractivity contribution in [3.05, 3.63) is 70.4 Å². The van der Waals surface area contributed by atoms with Crippen LogP contribution in [0.4, 0.5) is 4.79 Å². The lowest BCUT2D eigenvalue weighted by Crippen LogP contribution is -2.27. The van der Waals surface area contributed by atoms with E-state index < -0.39 is 0 Å². The van der Waals surface area contributed by atoms with Gasteiger partial charge in [-0.3, -0.25) is 19.5 Å². The van der Waals surface area contributed by atoms with E-state index in [2.05, 4.69) is 4.98 Å². The van der Waals surface area contributed by atoms with Crippen LogP contribution in [0.5, 0.6) is 0 Å². The number of thioether (sulfide) groups is 1. The number of rotatable bonds is 3. The monoisotopic (exact) mass is 310 g/mol. The summed E-state index contributed by atoms with van der Waals surface area (Å²) in [4.78, 5) is 30.2. The van der Waals surface area contributed by atoms with Crippen molar-refractivity contribution in [3.63, 3.8) is 0 Å². The van der Waals surface area contributed by atoms with E-state index in [1.807, 2.05) is 31.2 Å². The Hall–Kier alpha value is -2.40. The van der Waals surface area contributed by atoms with E-state index in [1.54, 1.807) is 30.6 Å². The molecule has 1 aliphatic heterocycles. The molecule has 5 heteroatoms. The third kappa shape index (κ3) is 3.09. The molecule has 1 aromatic heterocycles. The van der Waals surface area contributed by atoms with Crippen LogP contribution in [0.2, 0.25) is 0 Å². The van der Waals surface area contributed by atoms with E-state index in [4.69, 9.17) is 0 Å². The number of nitrogens with zero attached hydrogens (tertiary/aromatic N) is 2. The van der Waals surface area contributed by atoms with Gasteiger partial charge in [0.15, 0.2) is 0 Å². The first-order valence-corrected chi connectivity index (χ1v) is 7.66. The summed E-state index contributed by atoms with van der Waals surface area (Å²) >= 11 is 0.978. The van der Waals surface area contributed by atoms with Crippen LogP contribution in [0.3, 0.4) is 0 Å². The number of hydrogen-bond acceptors (Lipinski definition) is 4. The zero-order chi connectivity index (χ0) is 15.5. The smallest absolute Gasteiger partial charge is 0.268 e. The van der Waals surface area contributed by atoms with Gasteiger partial charge in [-0.05, 0) is 48.0 Å². The summed E-state index contributed by atoms with van der Waals surface area (Å²) in [5.74, 6) is -0.242. The SMILES string of the molecule is Cc1cccc(CN2C(=O)S/C(=C\c3ccncc3)C2=O)c1. The number of benzene rings is 1. The molecule has 4 nitrogen and oxygen atoms in total. The van der Waals surface area contributed by atoms with Gasteiger partial charge in [0.2, 0.25) is 0 Å². The van der Waals surface area contributed by atoms with Crippen LogP contribution in [0.1, 0.15) is 16.7 Å². The average Bonchev–Trinajstić information content (AvgIpc) is 2.76. The number of carbonyl (C=O) groups excluding carboxylic acids is 2. The summed E-state index contributed by atoms with van der Waals surface area (Å²) in [5, 5.41) is -0.230. The fourth-order valence-electron chi connectivity index (χ4n) is 2.24. The summed E-state index contributed by atoms with van der Waals surface area (Å²) in [6.07, 6.45) is 5.04. The van der Waals surface area contributed by atoms with E-state index in [0.717, 1.165) is 28.5 Å². The second-order valence-corrected chi connectivity index (χ2v) is 6.03. The van der Waals surface area contributed by atoms with Gasteiger partial charge in [0.1, 0.15) is 0 Å². The maximum atomic E-state index is 12.4. The summed E-state index contributed by atoms with van der Waals surface area (Å²) < 4.78 is 0. The van der Waals surface area contributed by atoms with Crippen LogP contribution in [-0.4, -0.2) is 21.0 Å². The molecule has 22 heavy (non-hydrogen) atoms. The van der Waals surface area contributed by atoms with E-state index in [0.29, 0.717) is 11.4 Å². The third-order valence-corrected chi connectivity index (χ3v) is 4.21. The molecule has 0 N–H and O–H groups in total. The Morgan fingerprint density at radius 2 is 1.95 bits per heavy atom. The Balaban J connectivity index is 1.81. The highest BCUT2D eigenvalue weighted by Crippen LogP contribution is 2.33. The Morgan fingerprint density at radius 1 is 1.18 bits per heavy atom. The third-order valence-electron chi connectivity index (χ3n) is 3.30. The van der Waals surface area contributed by atoms with Gasteiger partial charge in [0.25, 0.3) is 11.1 Å². The quantitative estimate of drug-likeness (QED) is 0.812. The second-order valence-electron chi connectivity index (χ2n) is 5.04. The molecule has 2 aromatic rings. The zero-order valence-electron chi connectivity index (χ0n) is 12.0. The van der Waals surface area contributed by atoms with Gasteiger partial charge in [0, 0.05) is 12.4 Å². The lowest BCUT2D eigenvalue weighted by molar-refractivity contribution is -0.123. The minimum atomic E-state index is -0.242. The standard InChI is InChI=1S/C17H14N2O2S/c1-12-3-2-4-14(9-12)11-19-16(20)15(22-17(19)21)10-13-5-7-18-8-6-13/h2-10H,11H2,1H3/b15-10-. The number of amides is 2. The fraction of sp³-hybridized carbons (Fsp3) is 0.118. The number of imide groups is 1. The summed E-state index contributed by atoms with van der Waals surface area (Å²) in [6, 6.07) is 11.4. The molecule has 0 bridgehead atoms. The van der Waals surface area contributed by atoms with Gasteiger partial charge in [0.05, 0.1) is 11.4 Å². The van der Waals surface area contributed by atoms with Crippen LogP contribution in [-0.2, 0) is 11.3 Å². The van der Waals surface area contributed by atoms with Crippen LogP contribution < -0.4 is 0 Å². The number of aryl methyl sites for hydroxylation is 1. The van der Waals surface area contributed by atoms with Gasteiger partial charge in [-0.15, -0.1) is 0 Å². The van der Waals surface area contributed by atoms with Crippen molar-refractivity contribution in [3.8, 4) is 0 Å². The number of hydrogen-bond donors (Lipinski definition) is 0. The van der Waals surface area contributed by atoms with Crippen LogP contribution in [0.15, 0.2) is 53.7 Å². The van der Waals surface area contributed by atoms with Crippen molar-refractivity contribution in [2.45, 2.75) is 13.5 Å². The van der Waals surface area contributed by atoms with Crippen molar-refractivity contribution in [1.82, 2.24) is 9.88 Å². The minimum Gasteiger partial charge on any atom is -0.268 e. The Bertz CT molecular complexity index is 756. The van der Waals surface area contributed by atoms with Gasteiger partial charge < -0.3 is 0 Å². The predicted octanol–water partition coefficient (Wildman–Crippen LogP) is 3.63. The van der Waals surface area contributed by atoms with Gasteiger partial charge >= 0.3 is 0 Å². The molecule has 1 fully saturated rings. The van der Waals surface area contributed by atoms with E-state index >= 15 is 0 Å². The lowest BCUT2D eigenvalue weighted by atomic mass is 10.1. The van der Waals surface area contributed by atoms with E-state index in [1.165, 1.54) is 4.90 Å². The van der Waals surface area contributed by atoms with Gasteiger partial charge in [-0.2, -0.15) is 0 Å². The topological polar surface area (TPSA) is 50.3 Å². The van der Waals surface area contributed by atoms with Crippen molar-refractivity contribution >= 4 is 29.0 Å². The molecule has 0 atom stereocenters. The van der Waals surface area contributed by atoms with Gasteiger partial charge in [-0.1, -0.05) is 29.8 Å². The largest absolute Gasteiger partial charge is 0.293 e. The summed E-state index contributed by atoms with van der Waals surface area (Å²) in [7, 11) is 0. The van der Waals surface area contributed by atoms with Crippen LogP contribution in [0, 0.1) is 6.92 Å². The minimum absolute atomic E-state index is 0.230. The molecule has 0 unspecified atom stereocenters. The normalized spacial score (nSPS) is 16.6. The fourth-order valence-corrected chi connectivity index (χ4v) is 3.08. The highest BCUT2D eigenvalue weighted by molar-refractivity contribution is 8.18. The van der Waals surface area contributed by atoms with Crippen molar-refractivity contribution < 1.29 is 9.59 Å². The van der Waals surface area contributed by atoms with Crippen LogP contribution >= 0.6 is 11.8 Å². The first kappa shape index (κ1) is 14.5. The zero-order valence-corrected chi connectivity index (χ0v) is 12.8.